The van der Waals surface area contributed by atoms with Gasteiger partial charge in [-0.15, -0.1) is 0 Å². The molecule has 0 bridgehead atoms. The molecule has 0 aromatic heterocycles. The van der Waals surface area contributed by atoms with Gasteiger partial charge in [0.25, 0.3) is 5.91 Å². The highest BCUT2D eigenvalue weighted by Gasteiger charge is 2.41. The number of rotatable bonds is 4. The highest BCUT2D eigenvalue weighted by Crippen LogP contribution is 2.31. The highest BCUT2D eigenvalue weighted by atomic mass is 16.5. The van der Waals surface area contributed by atoms with Crippen LogP contribution in [0.1, 0.15) is 49.5 Å². The molecule has 5 heteroatoms. The van der Waals surface area contributed by atoms with Gasteiger partial charge in [0.15, 0.2) is 0 Å². The Kier molecular flexibility index (Phi) is 5.65. The predicted molar refractivity (Wildman–Crippen MR) is 92.0 cm³/mol. The van der Waals surface area contributed by atoms with Crippen LogP contribution in [0, 0.1) is 5.41 Å². The Bertz CT molecular complexity index is 580. The highest BCUT2D eigenvalue weighted by molar-refractivity contribution is 5.94. The van der Waals surface area contributed by atoms with E-state index in [1.165, 1.54) is 12.7 Å². The third-order valence-corrected chi connectivity index (χ3v) is 4.67. The number of hydrogen-bond donors (Lipinski definition) is 1. The molecule has 0 saturated carbocycles. The summed E-state index contributed by atoms with van der Waals surface area (Å²) in [4.78, 5) is 24.6. The zero-order valence-corrected chi connectivity index (χ0v) is 15.0. The molecule has 0 radical (unpaired) electrons. The van der Waals surface area contributed by atoms with Crippen LogP contribution in [-0.4, -0.2) is 38.7 Å². The van der Waals surface area contributed by atoms with Gasteiger partial charge in [0.2, 0.25) is 0 Å². The van der Waals surface area contributed by atoms with Gasteiger partial charge in [-0.05, 0) is 36.0 Å². The smallest absolute Gasteiger partial charge is 0.313 e. The summed E-state index contributed by atoms with van der Waals surface area (Å²) in [5.74, 6) is -0.459. The van der Waals surface area contributed by atoms with Crippen LogP contribution in [0.5, 0.6) is 0 Å². The lowest BCUT2D eigenvalue weighted by atomic mass is 9.80. The molecule has 1 saturated heterocycles. The van der Waals surface area contributed by atoms with Crippen LogP contribution in [0.2, 0.25) is 0 Å². The van der Waals surface area contributed by atoms with Crippen molar-refractivity contribution < 1.29 is 19.1 Å². The van der Waals surface area contributed by atoms with Crippen molar-refractivity contribution in [1.29, 1.82) is 0 Å². The van der Waals surface area contributed by atoms with E-state index in [2.05, 4.69) is 26.1 Å². The summed E-state index contributed by atoms with van der Waals surface area (Å²) in [7, 11) is 1.38. The van der Waals surface area contributed by atoms with Crippen LogP contribution in [0.15, 0.2) is 24.3 Å². The van der Waals surface area contributed by atoms with Gasteiger partial charge in [0, 0.05) is 25.3 Å². The molecule has 1 aromatic carbocycles. The molecule has 1 aliphatic heterocycles. The second-order valence-corrected chi connectivity index (χ2v) is 7.39. The number of ether oxygens (including phenoxy) is 2. The van der Waals surface area contributed by atoms with E-state index in [1.54, 1.807) is 0 Å². The molecule has 24 heavy (non-hydrogen) atoms. The van der Waals surface area contributed by atoms with Crippen molar-refractivity contribution in [2.24, 2.45) is 5.41 Å². The standard InChI is InChI=1S/C19H27NO4/c1-18(2,3)15-7-5-14(6-8-15)16(21)20-13-19(17(22)23-4)9-11-24-12-10-19/h5-8H,9-13H2,1-4H3,(H,20,21). The van der Waals surface area contributed by atoms with Crippen LogP contribution >= 0.6 is 0 Å². The third-order valence-electron chi connectivity index (χ3n) is 4.67. The molecule has 1 heterocycles. The maximum absolute atomic E-state index is 12.4. The lowest BCUT2D eigenvalue weighted by molar-refractivity contribution is -0.158. The maximum Gasteiger partial charge on any atom is 0.313 e. The quantitative estimate of drug-likeness (QED) is 0.861. The zero-order valence-electron chi connectivity index (χ0n) is 15.0. The summed E-state index contributed by atoms with van der Waals surface area (Å²) in [6.45, 7) is 7.67. The minimum Gasteiger partial charge on any atom is -0.469 e. The predicted octanol–water partition coefficient (Wildman–Crippen LogP) is 2.68. The molecular weight excluding hydrogens is 306 g/mol. The molecule has 1 amide bonds. The number of amides is 1. The fourth-order valence-electron chi connectivity index (χ4n) is 2.90. The average Bonchev–Trinajstić information content (AvgIpc) is 2.59. The second kappa shape index (κ2) is 7.34. The first-order valence-electron chi connectivity index (χ1n) is 8.33. The van der Waals surface area contributed by atoms with Gasteiger partial charge in [0.05, 0.1) is 12.5 Å². The van der Waals surface area contributed by atoms with Crippen LogP contribution in [0.4, 0.5) is 0 Å². The van der Waals surface area contributed by atoms with E-state index >= 15 is 0 Å². The van der Waals surface area contributed by atoms with Gasteiger partial charge in [-0.2, -0.15) is 0 Å². The Balaban J connectivity index is 2.04. The van der Waals surface area contributed by atoms with Crippen LogP contribution < -0.4 is 5.32 Å². The molecule has 1 fully saturated rings. The van der Waals surface area contributed by atoms with E-state index in [0.29, 0.717) is 31.6 Å². The van der Waals surface area contributed by atoms with Crippen LogP contribution in [-0.2, 0) is 19.7 Å². The Morgan fingerprint density at radius 2 is 1.75 bits per heavy atom. The lowest BCUT2D eigenvalue weighted by Crippen LogP contribution is -2.47. The largest absolute Gasteiger partial charge is 0.469 e. The third kappa shape index (κ3) is 4.15. The molecule has 0 spiro atoms. The fraction of sp³-hybridized carbons (Fsp3) is 0.579. The van der Waals surface area contributed by atoms with E-state index < -0.39 is 5.41 Å². The molecule has 1 aliphatic rings. The summed E-state index contributed by atoms with van der Waals surface area (Å²) < 4.78 is 10.3. The molecule has 0 unspecified atom stereocenters. The molecule has 1 aromatic rings. The molecule has 0 aliphatic carbocycles. The second-order valence-electron chi connectivity index (χ2n) is 7.39. The summed E-state index contributed by atoms with van der Waals surface area (Å²) in [6.07, 6.45) is 1.12. The van der Waals surface area contributed by atoms with Crippen molar-refractivity contribution in [3.63, 3.8) is 0 Å². The number of nitrogens with one attached hydrogen (secondary N) is 1. The molecular formula is C19H27NO4. The van der Waals surface area contributed by atoms with Crippen molar-refractivity contribution in [1.82, 2.24) is 5.32 Å². The Labute approximate surface area is 143 Å². The van der Waals surface area contributed by atoms with Gasteiger partial charge in [-0.25, -0.2) is 0 Å². The molecule has 1 N–H and O–H groups in total. The van der Waals surface area contributed by atoms with Crippen molar-refractivity contribution >= 4 is 11.9 Å². The van der Waals surface area contributed by atoms with Crippen LogP contribution in [0.3, 0.4) is 0 Å². The Morgan fingerprint density at radius 3 is 2.25 bits per heavy atom. The first kappa shape index (κ1) is 18.5. The van der Waals surface area contributed by atoms with E-state index in [1.807, 2.05) is 24.3 Å². The Hall–Kier alpha value is -1.88. The summed E-state index contributed by atoms with van der Waals surface area (Å²) >= 11 is 0. The number of esters is 1. The number of methoxy groups -OCH3 is 1. The monoisotopic (exact) mass is 333 g/mol. The average molecular weight is 333 g/mol. The van der Waals surface area contributed by atoms with Crippen molar-refractivity contribution in [3.05, 3.63) is 35.4 Å². The van der Waals surface area contributed by atoms with Gasteiger partial charge in [0.1, 0.15) is 0 Å². The number of benzene rings is 1. The first-order chi connectivity index (χ1) is 11.3. The number of hydrogen-bond acceptors (Lipinski definition) is 4. The molecule has 5 nitrogen and oxygen atoms in total. The minimum atomic E-state index is -0.686. The van der Waals surface area contributed by atoms with E-state index in [9.17, 15) is 9.59 Å². The van der Waals surface area contributed by atoms with Crippen molar-refractivity contribution in [2.45, 2.75) is 39.0 Å². The molecule has 0 atom stereocenters. The summed E-state index contributed by atoms with van der Waals surface area (Å²) in [6, 6.07) is 7.59. The van der Waals surface area contributed by atoms with Crippen LogP contribution in [0.25, 0.3) is 0 Å². The van der Waals surface area contributed by atoms with E-state index in [-0.39, 0.29) is 23.8 Å². The summed E-state index contributed by atoms with van der Waals surface area (Å²) in [5, 5.41) is 2.89. The topological polar surface area (TPSA) is 64.6 Å². The number of carbonyl (C=O) groups is 2. The van der Waals surface area contributed by atoms with Gasteiger partial charge in [-0.1, -0.05) is 32.9 Å². The van der Waals surface area contributed by atoms with Crippen molar-refractivity contribution in [3.8, 4) is 0 Å². The number of carbonyl (C=O) groups excluding carboxylic acids is 2. The van der Waals surface area contributed by atoms with E-state index in [0.717, 1.165) is 0 Å². The van der Waals surface area contributed by atoms with Crippen molar-refractivity contribution in [2.75, 3.05) is 26.9 Å². The summed E-state index contributed by atoms with van der Waals surface area (Å²) in [5.41, 5.74) is 1.13. The zero-order chi connectivity index (χ0) is 17.8. The molecule has 2 rings (SSSR count). The van der Waals surface area contributed by atoms with E-state index in [4.69, 9.17) is 9.47 Å². The molecule has 132 valence electrons. The lowest BCUT2D eigenvalue weighted by Gasteiger charge is -2.34. The SMILES string of the molecule is COC(=O)C1(CNC(=O)c2ccc(C(C)(C)C)cc2)CCOCC1. The maximum atomic E-state index is 12.4. The Morgan fingerprint density at radius 1 is 1.17 bits per heavy atom. The fourth-order valence-corrected chi connectivity index (χ4v) is 2.90. The van der Waals surface area contributed by atoms with Gasteiger partial charge < -0.3 is 14.8 Å². The first-order valence-corrected chi connectivity index (χ1v) is 8.33. The normalized spacial score (nSPS) is 17.2. The van der Waals surface area contributed by atoms with Gasteiger partial charge >= 0.3 is 5.97 Å². The van der Waals surface area contributed by atoms with Gasteiger partial charge in [-0.3, -0.25) is 9.59 Å². The minimum absolute atomic E-state index is 0.0477.